The molecule has 3 aromatic carbocycles. The number of fused-ring (bicyclic) bond motifs is 2. The van der Waals surface area contributed by atoms with Gasteiger partial charge in [-0.05, 0) is 129 Å². The minimum atomic E-state index is -0.732. The van der Waals surface area contributed by atoms with Crippen LogP contribution in [0.15, 0.2) is 60.7 Å². The van der Waals surface area contributed by atoms with E-state index in [1.807, 2.05) is 48.5 Å². The fourth-order valence-electron chi connectivity index (χ4n) is 5.57. The average Bonchev–Trinajstić information content (AvgIpc) is 3.64. The SMILES string of the molecule is CCC(C)(C)C(=O)Oc1ccc(O)c2c1C(=O)c1ccccc1C2=O.CCC(C)(C)C(=O)Oc1ccc(O)cc1.CCC1(OC(=O)C(C)(C)CC)CCCC1. The molecule has 0 amide bonds. The van der Waals surface area contributed by atoms with Crippen molar-refractivity contribution in [3.63, 3.8) is 0 Å². The molecule has 5 rings (SSSR count). The van der Waals surface area contributed by atoms with Gasteiger partial charge in [-0.2, -0.15) is 0 Å². The molecule has 2 aliphatic rings. The second-order valence-corrected chi connectivity index (χ2v) is 16.2. The van der Waals surface area contributed by atoms with Gasteiger partial charge in [-0.15, -0.1) is 0 Å². The molecule has 0 spiro atoms. The van der Waals surface area contributed by atoms with Crippen molar-refractivity contribution in [3.8, 4) is 23.0 Å². The van der Waals surface area contributed by atoms with Crippen molar-refractivity contribution in [3.05, 3.63) is 82.9 Å². The third-order valence-corrected chi connectivity index (χ3v) is 11.0. The number of hydrogen-bond donors (Lipinski definition) is 2. The van der Waals surface area contributed by atoms with Gasteiger partial charge in [0.15, 0.2) is 11.6 Å². The van der Waals surface area contributed by atoms with Gasteiger partial charge in [0.1, 0.15) is 28.6 Å². The number of ketones is 2. The molecule has 2 aliphatic carbocycles. The summed E-state index contributed by atoms with van der Waals surface area (Å²) < 4.78 is 16.4. The largest absolute Gasteiger partial charge is 0.508 e. The zero-order valence-corrected chi connectivity index (χ0v) is 34.1. The summed E-state index contributed by atoms with van der Waals surface area (Å²) >= 11 is 0. The van der Waals surface area contributed by atoms with Gasteiger partial charge in [0, 0.05) is 11.1 Å². The van der Waals surface area contributed by atoms with E-state index in [-0.39, 0.29) is 62.5 Å². The van der Waals surface area contributed by atoms with Crippen LogP contribution in [0.1, 0.15) is 152 Å². The number of rotatable bonds is 10. The van der Waals surface area contributed by atoms with Crippen molar-refractivity contribution in [2.45, 2.75) is 126 Å². The van der Waals surface area contributed by atoms with Crippen LogP contribution >= 0.6 is 0 Å². The van der Waals surface area contributed by atoms with E-state index in [4.69, 9.17) is 19.3 Å². The van der Waals surface area contributed by atoms with Crippen LogP contribution in [-0.2, 0) is 19.1 Å². The number of esters is 3. The lowest BCUT2D eigenvalue weighted by atomic mass is 9.83. The van der Waals surface area contributed by atoms with Crippen LogP contribution < -0.4 is 9.47 Å². The lowest BCUT2D eigenvalue weighted by Gasteiger charge is -2.32. The summed E-state index contributed by atoms with van der Waals surface area (Å²) in [6.45, 7) is 19.1. The number of aromatic hydroxyl groups is 2. The third kappa shape index (κ3) is 10.6. The molecule has 298 valence electrons. The standard InChI is InChI=1S/C20H18O5.C13H24O2.C12H16O3/c1-4-20(2,3)19(24)25-14-10-9-13(21)15-16(14)18(23)12-8-6-5-7-11(12)17(15)22;1-5-12(3,4)11(14)15-13(6-2)9-7-8-10-13;1-4-12(2,3)11(14)15-10-7-5-9(13)6-8-10/h5-10,21H,4H2,1-3H3;5-10H2,1-4H3;5-8,13H,4H2,1-3H3. The van der Waals surface area contributed by atoms with Crippen molar-refractivity contribution < 1.29 is 48.4 Å². The molecule has 3 aromatic rings. The average molecular weight is 759 g/mol. The summed E-state index contributed by atoms with van der Waals surface area (Å²) in [5.74, 6) is -1.38. The molecule has 0 heterocycles. The molecule has 10 heteroatoms. The highest BCUT2D eigenvalue weighted by Crippen LogP contribution is 2.40. The molecule has 0 radical (unpaired) electrons. The number of carbonyl (C=O) groups excluding carboxylic acids is 5. The molecule has 0 atom stereocenters. The first kappa shape index (κ1) is 44.4. The van der Waals surface area contributed by atoms with Gasteiger partial charge in [0.2, 0.25) is 0 Å². The van der Waals surface area contributed by atoms with Crippen molar-refractivity contribution in [2.75, 3.05) is 0 Å². The predicted molar refractivity (Wildman–Crippen MR) is 211 cm³/mol. The minimum Gasteiger partial charge on any atom is -0.508 e. The minimum absolute atomic E-state index is 0.00724. The van der Waals surface area contributed by atoms with Gasteiger partial charge >= 0.3 is 17.9 Å². The normalized spacial score (nSPS) is 14.6. The molecule has 10 nitrogen and oxygen atoms in total. The lowest BCUT2D eigenvalue weighted by molar-refractivity contribution is -0.170. The first-order chi connectivity index (χ1) is 25.7. The molecule has 0 bridgehead atoms. The maximum Gasteiger partial charge on any atom is 0.316 e. The van der Waals surface area contributed by atoms with E-state index >= 15 is 0 Å². The molecule has 0 saturated heterocycles. The van der Waals surface area contributed by atoms with E-state index in [0.717, 1.165) is 32.1 Å². The molecule has 1 fully saturated rings. The first-order valence-corrected chi connectivity index (χ1v) is 19.2. The molecule has 2 N–H and O–H groups in total. The Kier molecular flexibility index (Phi) is 14.6. The molecule has 0 aliphatic heterocycles. The Morgan fingerprint density at radius 1 is 0.618 bits per heavy atom. The van der Waals surface area contributed by atoms with Crippen molar-refractivity contribution in [2.24, 2.45) is 16.2 Å². The van der Waals surface area contributed by atoms with E-state index in [1.165, 1.54) is 43.2 Å². The predicted octanol–water partition coefficient (Wildman–Crippen LogP) is 9.93. The highest BCUT2D eigenvalue weighted by Gasteiger charge is 2.40. The highest BCUT2D eigenvalue weighted by atomic mass is 16.6. The maximum absolute atomic E-state index is 12.9. The number of phenolic OH excluding ortho intramolecular Hbond substituents is 2. The molecule has 55 heavy (non-hydrogen) atoms. The van der Waals surface area contributed by atoms with Crippen LogP contribution in [-0.4, -0.2) is 45.3 Å². The third-order valence-electron chi connectivity index (χ3n) is 11.0. The van der Waals surface area contributed by atoms with Gasteiger partial charge in [-0.1, -0.05) is 52.0 Å². The zero-order chi connectivity index (χ0) is 41.4. The van der Waals surface area contributed by atoms with Crippen molar-refractivity contribution in [1.82, 2.24) is 0 Å². The summed E-state index contributed by atoms with van der Waals surface area (Å²) in [6, 6.07) is 15.1. The number of carbonyl (C=O) groups is 5. The Labute approximate surface area is 325 Å². The molecule has 0 aromatic heterocycles. The van der Waals surface area contributed by atoms with Crippen LogP contribution in [0.3, 0.4) is 0 Å². The molecular formula is C45H58O10. The van der Waals surface area contributed by atoms with Gasteiger partial charge in [-0.3, -0.25) is 24.0 Å². The second-order valence-electron chi connectivity index (χ2n) is 16.2. The number of ether oxygens (including phenoxy) is 3. The van der Waals surface area contributed by atoms with Crippen molar-refractivity contribution >= 4 is 29.5 Å². The van der Waals surface area contributed by atoms with E-state index < -0.39 is 28.4 Å². The molecule has 1 saturated carbocycles. The fraction of sp³-hybridized carbons (Fsp3) is 0.489. The Morgan fingerprint density at radius 2 is 1.07 bits per heavy atom. The number of phenols is 2. The smallest absolute Gasteiger partial charge is 0.316 e. The Morgan fingerprint density at radius 3 is 1.55 bits per heavy atom. The van der Waals surface area contributed by atoms with Crippen LogP contribution in [0, 0.1) is 16.2 Å². The van der Waals surface area contributed by atoms with Gasteiger partial charge < -0.3 is 24.4 Å². The highest BCUT2D eigenvalue weighted by molar-refractivity contribution is 6.30. The summed E-state index contributed by atoms with van der Waals surface area (Å²) in [7, 11) is 0. The van der Waals surface area contributed by atoms with E-state index in [2.05, 4.69) is 6.92 Å². The van der Waals surface area contributed by atoms with Crippen LogP contribution in [0.25, 0.3) is 0 Å². The number of benzene rings is 3. The topological polar surface area (TPSA) is 154 Å². The van der Waals surface area contributed by atoms with Crippen molar-refractivity contribution in [1.29, 1.82) is 0 Å². The Hall–Kier alpha value is -4.99. The van der Waals surface area contributed by atoms with Crippen LogP contribution in [0.2, 0.25) is 0 Å². The summed E-state index contributed by atoms with van der Waals surface area (Å²) in [6.07, 6.45) is 7.58. The molecular weight excluding hydrogens is 700 g/mol. The van der Waals surface area contributed by atoms with Crippen LogP contribution in [0.5, 0.6) is 23.0 Å². The Balaban J connectivity index is 0.000000235. The molecule has 0 unspecified atom stereocenters. The van der Waals surface area contributed by atoms with Gasteiger partial charge in [0.05, 0.1) is 27.4 Å². The first-order valence-electron chi connectivity index (χ1n) is 19.2. The van der Waals surface area contributed by atoms with E-state index in [9.17, 15) is 29.1 Å². The quantitative estimate of drug-likeness (QED) is 0.118. The van der Waals surface area contributed by atoms with Gasteiger partial charge in [0.25, 0.3) is 0 Å². The zero-order valence-electron chi connectivity index (χ0n) is 34.1. The monoisotopic (exact) mass is 758 g/mol. The van der Waals surface area contributed by atoms with Crippen LogP contribution in [0.4, 0.5) is 0 Å². The number of hydrogen-bond acceptors (Lipinski definition) is 10. The summed E-state index contributed by atoms with van der Waals surface area (Å²) in [5.41, 5.74) is -1.39. The van der Waals surface area contributed by atoms with E-state index in [1.54, 1.807) is 44.2 Å². The second kappa shape index (κ2) is 18.1. The summed E-state index contributed by atoms with van der Waals surface area (Å²) in [5, 5.41) is 19.2. The lowest BCUT2D eigenvalue weighted by Crippen LogP contribution is -2.37. The summed E-state index contributed by atoms with van der Waals surface area (Å²) in [4.78, 5) is 61.6. The fourth-order valence-corrected chi connectivity index (χ4v) is 5.57. The maximum atomic E-state index is 12.9. The Bertz CT molecular complexity index is 1860. The van der Waals surface area contributed by atoms with E-state index in [0.29, 0.717) is 12.2 Å². The van der Waals surface area contributed by atoms with Gasteiger partial charge in [-0.25, -0.2) is 0 Å².